The van der Waals surface area contributed by atoms with E-state index < -0.39 is 10.7 Å². The maximum atomic E-state index is 13.1. The van der Waals surface area contributed by atoms with Crippen molar-refractivity contribution in [3.63, 3.8) is 0 Å². The lowest BCUT2D eigenvalue weighted by molar-refractivity contribution is -0.384. The van der Waals surface area contributed by atoms with Gasteiger partial charge in [-0.15, -0.1) is 0 Å². The number of benzene rings is 2. The molecule has 0 aromatic heterocycles. The molecule has 110 valence electrons. The highest BCUT2D eigenvalue weighted by atomic mass is 79.9. The number of nitro groups is 1. The highest BCUT2D eigenvalue weighted by molar-refractivity contribution is 9.10. The molecule has 0 aliphatic heterocycles. The van der Waals surface area contributed by atoms with Gasteiger partial charge in [0.15, 0.2) is 0 Å². The van der Waals surface area contributed by atoms with Gasteiger partial charge in [0.1, 0.15) is 11.5 Å². The van der Waals surface area contributed by atoms with Gasteiger partial charge in [-0.05, 0) is 36.8 Å². The van der Waals surface area contributed by atoms with Crippen molar-refractivity contribution in [2.45, 2.75) is 13.0 Å². The molecule has 0 saturated heterocycles. The van der Waals surface area contributed by atoms with Crippen LogP contribution >= 0.6 is 27.5 Å². The van der Waals surface area contributed by atoms with Gasteiger partial charge in [-0.3, -0.25) is 10.1 Å². The lowest BCUT2D eigenvalue weighted by atomic mass is 10.1. The Bertz CT molecular complexity index is 697. The van der Waals surface area contributed by atoms with Crippen LogP contribution in [0.25, 0.3) is 0 Å². The number of nitrogens with one attached hydrogen (secondary N) is 1. The van der Waals surface area contributed by atoms with Crippen molar-refractivity contribution in [3.8, 4) is 0 Å². The molecular weight excluding hydrogens is 363 g/mol. The molecule has 0 aliphatic rings. The standard InChI is InChI=1S/C14H11BrClFN2O2/c1-8(11-4-3-10(17)7-12(11)16)18-13-5-2-9(15)6-14(13)19(20)21/h2-8,18H,1H3. The van der Waals surface area contributed by atoms with E-state index in [1.54, 1.807) is 25.1 Å². The molecule has 0 spiro atoms. The van der Waals surface area contributed by atoms with Crippen molar-refractivity contribution in [3.05, 3.63) is 67.4 Å². The van der Waals surface area contributed by atoms with Crippen LogP contribution in [0.3, 0.4) is 0 Å². The minimum absolute atomic E-state index is 0.0468. The van der Waals surface area contributed by atoms with Gasteiger partial charge in [0.25, 0.3) is 5.69 Å². The minimum atomic E-state index is -0.466. The number of nitro benzene ring substituents is 1. The van der Waals surface area contributed by atoms with Crippen molar-refractivity contribution in [2.24, 2.45) is 0 Å². The molecular formula is C14H11BrClFN2O2. The first-order valence-corrected chi connectivity index (χ1v) is 7.21. The van der Waals surface area contributed by atoms with Crippen LogP contribution in [0.4, 0.5) is 15.8 Å². The molecule has 1 unspecified atom stereocenters. The Hall–Kier alpha value is -1.66. The second-order valence-electron chi connectivity index (χ2n) is 4.45. The van der Waals surface area contributed by atoms with E-state index in [9.17, 15) is 14.5 Å². The summed E-state index contributed by atoms with van der Waals surface area (Å²) in [4.78, 5) is 10.6. The zero-order valence-electron chi connectivity index (χ0n) is 10.9. The van der Waals surface area contributed by atoms with Crippen LogP contribution in [0.1, 0.15) is 18.5 Å². The largest absolute Gasteiger partial charge is 0.373 e. The highest BCUT2D eigenvalue weighted by Crippen LogP contribution is 2.32. The third kappa shape index (κ3) is 3.71. The Morgan fingerprint density at radius 1 is 1.33 bits per heavy atom. The molecule has 1 N–H and O–H groups in total. The molecule has 0 fully saturated rings. The summed E-state index contributed by atoms with van der Waals surface area (Å²) in [7, 11) is 0. The summed E-state index contributed by atoms with van der Waals surface area (Å²) in [5.41, 5.74) is 0.987. The molecule has 0 heterocycles. The predicted molar refractivity (Wildman–Crippen MR) is 84.2 cm³/mol. The van der Waals surface area contributed by atoms with Crippen LogP contribution in [0, 0.1) is 15.9 Å². The molecule has 21 heavy (non-hydrogen) atoms. The number of hydrogen-bond donors (Lipinski definition) is 1. The van der Waals surface area contributed by atoms with E-state index in [1.807, 2.05) is 0 Å². The molecule has 2 aromatic carbocycles. The highest BCUT2D eigenvalue weighted by Gasteiger charge is 2.18. The van der Waals surface area contributed by atoms with Gasteiger partial charge in [-0.2, -0.15) is 0 Å². The van der Waals surface area contributed by atoms with Crippen molar-refractivity contribution in [2.75, 3.05) is 5.32 Å². The Morgan fingerprint density at radius 2 is 2.05 bits per heavy atom. The van der Waals surface area contributed by atoms with Gasteiger partial charge in [0.05, 0.1) is 11.0 Å². The fourth-order valence-corrected chi connectivity index (χ4v) is 2.62. The molecule has 0 aliphatic carbocycles. The third-order valence-electron chi connectivity index (χ3n) is 2.96. The molecule has 2 rings (SSSR count). The molecule has 1 atom stereocenters. The first-order chi connectivity index (χ1) is 9.88. The Kier molecular flexibility index (Phi) is 4.80. The lowest BCUT2D eigenvalue weighted by Crippen LogP contribution is -2.09. The second kappa shape index (κ2) is 6.41. The number of anilines is 1. The normalized spacial score (nSPS) is 12.0. The molecule has 0 bridgehead atoms. The molecule has 7 heteroatoms. The maximum absolute atomic E-state index is 13.1. The zero-order valence-corrected chi connectivity index (χ0v) is 13.3. The van der Waals surface area contributed by atoms with E-state index in [0.29, 0.717) is 15.7 Å². The van der Waals surface area contributed by atoms with Crippen molar-refractivity contribution in [1.29, 1.82) is 0 Å². The van der Waals surface area contributed by atoms with Gasteiger partial charge in [-0.1, -0.05) is 33.6 Å². The van der Waals surface area contributed by atoms with Gasteiger partial charge in [0.2, 0.25) is 0 Å². The van der Waals surface area contributed by atoms with Crippen molar-refractivity contribution < 1.29 is 9.31 Å². The van der Waals surface area contributed by atoms with E-state index in [2.05, 4.69) is 21.2 Å². The SMILES string of the molecule is CC(Nc1ccc(Br)cc1[N+](=O)[O-])c1ccc(F)cc1Cl. The van der Waals surface area contributed by atoms with Crippen molar-refractivity contribution in [1.82, 2.24) is 0 Å². The zero-order chi connectivity index (χ0) is 15.6. The second-order valence-corrected chi connectivity index (χ2v) is 5.77. The maximum Gasteiger partial charge on any atom is 0.293 e. The van der Waals surface area contributed by atoms with E-state index in [4.69, 9.17) is 11.6 Å². The number of rotatable bonds is 4. The monoisotopic (exact) mass is 372 g/mol. The Labute approximate surface area is 134 Å². The number of halogens is 3. The molecule has 0 saturated carbocycles. The molecule has 0 radical (unpaired) electrons. The summed E-state index contributed by atoms with van der Waals surface area (Å²) >= 11 is 9.20. The first-order valence-electron chi connectivity index (χ1n) is 6.04. The van der Waals surface area contributed by atoms with E-state index in [0.717, 1.165) is 0 Å². The van der Waals surface area contributed by atoms with E-state index >= 15 is 0 Å². The fraction of sp³-hybridized carbons (Fsp3) is 0.143. The van der Waals surface area contributed by atoms with Gasteiger partial charge < -0.3 is 5.32 Å². The summed E-state index contributed by atoms with van der Waals surface area (Å²) in [6, 6.07) is 8.49. The van der Waals surface area contributed by atoms with Crippen LogP contribution < -0.4 is 5.32 Å². The van der Waals surface area contributed by atoms with E-state index in [-0.39, 0.29) is 16.8 Å². The third-order valence-corrected chi connectivity index (χ3v) is 3.78. The smallest absolute Gasteiger partial charge is 0.293 e. The molecule has 4 nitrogen and oxygen atoms in total. The summed E-state index contributed by atoms with van der Waals surface area (Å²) in [6.07, 6.45) is 0. The fourth-order valence-electron chi connectivity index (χ4n) is 1.94. The minimum Gasteiger partial charge on any atom is -0.373 e. The van der Waals surface area contributed by atoms with E-state index in [1.165, 1.54) is 18.2 Å². The van der Waals surface area contributed by atoms with Gasteiger partial charge in [0, 0.05) is 15.6 Å². The summed E-state index contributed by atoms with van der Waals surface area (Å²) in [5.74, 6) is -0.425. The summed E-state index contributed by atoms with van der Waals surface area (Å²) in [6.45, 7) is 1.80. The van der Waals surface area contributed by atoms with Crippen LogP contribution in [0.2, 0.25) is 5.02 Å². The average Bonchev–Trinajstić information content (AvgIpc) is 2.40. The molecule has 2 aromatic rings. The number of hydrogen-bond acceptors (Lipinski definition) is 3. The first kappa shape index (κ1) is 15.7. The summed E-state index contributed by atoms with van der Waals surface area (Å²) in [5, 5.41) is 14.4. The Balaban J connectivity index is 2.31. The molecule has 0 amide bonds. The average molecular weight is 374 g/mol. The van der Waals surface area contributed by atoms with Crippen LogP contribution in [0.5, 0.6) is 0 Å². The topological polar surface area (TPSA) is 55.2 Å². The summed E-state index contributed by atoms with van der Waals surface area (Å²) < 4.78 is 13.7. The van der Waals surface area contributed by atoms with Crippen LogP contribution in [0.15, 0.2) is 40.9 Å². The Morgan fingerprint density at radius 3 is 2.67 bits per heavy atom. The van der Waals surface area contributed by atoms with Crippen LogP contribution in [-0.2, 0) is 0 Å². The quantitative estimate of drug-likeness (QED) is 0.582. The predicted octanol–water partition coefficient (Wildman–Crippen LogP) is 5.32. The van der Waals surface area contributed by atoms with Crippen molar-refractivity contribution >= 4 is 38.9 Å². The van der Waals surface area contributed by atoms with Gasteiger partial charge in [-0.25, -0.2) is 4.39 Å². The number of nitrogens with zero attached hydrogens (tertiary/aromatic N) is 1. The van der Waals surface area contributed by atoms with Crippen LogP contribution in [-0.4, -0.2) is 4.92 Å². The van der Waals surface area contributed by atoms with Gasteiger partial charge >= 0.3 is 0 Å². The lowest BCUT2D eigenvalue weighted by Gasteiger charge is -2.17.